The average molecular weight is 375 g/mol. The maximum absolute atomic E-state index is 4.61. The number of pyridine rings is 1. The summed E-state index contributed by atoms with van der Waals surface area (Å²) in [6.45, 7) is 14.1. The van der Waals surface area contributed by atoms with E-state index in [0.717, 1.165) is 50.9 Å². The van der Waals surface area contributed by atoms with Crippen molar-refractivity contribution < 1.29 is 0 Å². The molecule has 0 unspecified atom stereocenters. The summed E-state index contributed by atoms with van der Waals surface area (Å²) < 4.78 is 0. The molecule has 0 amide bonds. The molecule has 0 aliphatic carbocycles. The smallest absolute Gasteiger partial charge is 0.191 e. The summed E-state index contributed by atoms with van der Waals surface area (Å²) in [7, 11) is 1.82. The topological polar surface area (TPSA) is 55.8 Å². The molecule has 2 N–H and O–H groups in total. The molecule has 0 spiro atoms. The molecule has 2 rings (SSSR count). The molecular formula is C21H38N6. The molecule has 2 heterocycles. The zero-order valence-electron chi connectivity index (χ0n) is 17.8. The largest absolute Gasteiger partial charge is 0.357 e. The number of nitrogens with zero attached hydrogens (tertiary/aromatic N) is 4. The minimum atomic E-state index is 0.582. The standard InChI is InChI=1S/C21H38N6/c1-17(2)27(18(3)4)14-8-11-23-21(22-5)25-16-19-9-10-20(24-15-19)26-12-6-7-13-26/h9-10,15,17-18H,6-8,11-14,16H2,1-5H3,(H2,22,23,25). The average Bonchev–Trinajstić information content (AvgIpc) is 3.18. The predicted molar refractivity (Wildman–Crippen MR) is 115 cm³/mol. The monoisotopic (exact) mass is 374 g/mol. The SMILES string of the molecule is CN=C(NCCCN(C(C)C)C(C)C)NCc1ccc(N2CCCC2)nc1. The molecule has 6 heteroatoms. The van der Waals surface area contributed by atoms with Crippen LogP contribution in [0.2, 0.25) is 0 Å². The molecule has 0 aromatic carbocycles. The summed E-state index contributed by atoms with van der Waals surface area (Å²) in [5, 5.41) is 6.79. The zero-order chi connectivity index (χ0) is 19.6. The highest BCUT2D eigenvalue weighted by Crippen LogP contribution is 2.17. The van der Waals surface area contributed by atoms with Crippen LogP contribution in [0.4, 0.5) is 5.82 Å². The summed E-state index contributed by atoms with van der Waals surface area (Å²) in [6.07, 6.45) is 5.62. The van der Waals surface area contributed by atoms with E-state index in [1.807, 2.05) is 13.2 Å². The Hall–Kier alpha value is -1.82. The van der Waals surface area contributed by atoms with Gasteiger partial charge in [0.05, 0.1) is 0 Å². The van der Waals surface area contributed by atoms with Crippen molar-refractivity contribution >= 4 is 11.8 Å². The van der Waals surface area contributed by atoms with E-state index in [-0.39, 0.29) is 0 Å². The lowest BCUT2D eigenvalue weighted by Crippen LogP contribution is -2.41. The Kier molecular flexibility index (Phi) is 8.85. The highest BCUT2D eigenvalue weighted by Gasteiger charge is 2.13. The number of rotatable bonds is 9. The fourth-order valence-corrected chi connectivity index (χ4v) is 3.64. The Labute approximate surface area is 165 Å². The van der Waals surface area contributed by atoms with Crippen LogP contribution >= 0.6 is 0 Å². The van der Waals surface area contributed by atoms with Crippen LogP contribution in [-0.4, -0.2) is 61.2 Å². The first kappa shape index (κ1) is 21.5. The summed E-state index contributed by atoms with van der Waals surface area (Å²) in [6, 6.07) is 5.45. The summed E-state index contributed by atoms with van der Waals surface area (Å²) in [5.41, 5.74) is 1.17. The van der Waals surface area contributed by atoms with Gasteiger partial charge in [0.1, 0.15) is 5.82 Å². The maximum Gasteiger partial charge on any atom is 0.191 e. The van der Waals surface area contributed by atoms with E-state index < -0.39 is 0 Å². The Morgan fingerprint density at radius 1 is 1.15 bits per heavy atom. The highest BCUT2D eigenvalue weighted by atomic mass is 15.2. The highest BCUT2D eigenvalue weighted by molar-refractivity contribution is 5.79. The van der Waals surface area contributed by atoms with Crippen molar-refractivity contribution in [2.75, 3.05) is 38.1 Å². The van der Waals surface area contributed by atoms with Crippen molar-refractivity contribution in [1.29, 1.82) is 0 Å². The lowest BCUT2D eigenvalue weighted by atomic mass is 10.2. The zero-order valence-corrected chi connectivity index (χ0v) is 17.8. The van der Waals surface area contributed by atoms with Gasteiger partial charge in [-0.2, -0.15) is 0 Å². The first-order valence-electron chi connectivity index (χ1n) is 10.4. The van der Waals surface area contributed by atoms with Gasteiger partial charge >= 0.3 is 0 Å². The van der Waals surface area contributed by atoms with Crippen molar-refractivity contribution in [1.82, 2.24) is 20.5 Å². The second-order valence-electron chi connectivity index (χ2n) is 7.85. The maximum atomic E-state index is 4.61. The van der Waals surface area contributed by atoms with Crippen LogP contribution in [0, 0.1) is 0 Å². The number of guanidine groups is 1. The first-order chi connectivity index (χ1) is 13.0. The Morgan fingerprint density at radius 3 is 2.41 bits per heavy atom. The molecule has 6 nitrogen and oxygen atoms in total. The predicted octanol–water partition coefficient (Wildman–Crippen LogP) is 2.86. The molecule has 1 aliphatic rings. The van der Waals surface area contributed by atoms with Gasteiger partial charge in [-0.25, -0.2) is 4.98 Å². The Morgan fingerprint density at radius 2 is 1.85 bits per heavy atom. The van der Waals surface area contributed by atoms with Gasteiger partial charge < -0.3 is 15.5 Å². The van der Waals surface area contributed by atoms with Crippen molar-refractivity contribution in [3.63, 3.8) is 0 Å². The van der Waals surface area contributed by atoms with E-state index in [9.17, 15) is 0 Å². The minimum Gasteiger partial charge on any atom is -0.357 e. The minimum absolute atomic E-state index is 0.582. The van der Waals surface area contributed by atoms with Crippen LogP contribution in [0.15, 0.2) is 23.3 Å². The van der Waals surface area contributed by atoms with E-state index in [4.69, 9.17) is 0 Å². The molecule has 1 aromatic rings. The third kappa shape index (κ3) is 7.01. The van der Waals surface area contributed by atoms with E-state index in [0.29, 0.717) is 12.1 Å². The second-order valence-corrected chi connectivity index (χ2v) is 7.85. The lowest BCUT2D eigenvalue weighted by Gasteiger charge is -2.30. The Bertz CT molecular complexity index is 553. The third-order valence-corrected chi connectivity index (χ3v) is 5.13. The molecule has 1 fully saturated rings. The van der Waals surface area contributed by atoms with Crippen molar-refractivity contribution in [3.8, 4) is 0 Å². The number of hydrogen-bond acceptors (Lipinski definition) is 4. The van der Waals surface area contributed by atoms with Crippen molar-refractivity contribution in [2.45, 2.75) is 65.6 Å². The van der Waals surface area contributed by atoms with Crippen LogP contribution in [0.25, 0.3) is 0 Å². The molecule has 0 atom stereocenters. The van der Waals surface area contributed by atoms with Gasteiger partial charge in [0.15, 0.2) is 5.96 Å². The molecular weight excluding hydrogens is 336 g/mol. The van der Waals surface area contributed by atoms with Crippen molar-refractivity contribution in [3.05, 3.63) is 23.9 Å². The summed E-state index contributed by atoms with van der Waals surface area (Å²) >= 11 is 0. The van der Waals surface area contributed by atoms with Gasteiger partial charge in [-0.3, -0.25) is 9.89 Å². The van der Waals surface area contributed by atoms with Crippen LogP contribution in [0.3, 0.4) is 0 Å². The van der Waals surface area contributed by atoms with Gasteiger partial charge in [-0.1, -0.05) is 6.07 Å². The van der Waals surface area contributed by atoms with E-state index >= 15 is 0 Å². The molecule has 27 heavy (non-hydrogen) atoms. The van der Waals surface area contributed by atoms with Gasteiger partial charge in [-0.05, 0) is 58.6 Å². The van der Waals surface area contributed by atoms with Crippen LogP contribution in [0.5, 0.6) is 0 Å². The van der Waals surface area contributed by atoms with Crippen LogP contribution in [0.1, 0.15) is 52.5 Å². The summed E-state index contributed by atoms with van der Waals surface area (Å²) in [4.78, 5) is 13.8. The molecule has 1 aromatic heterocycles. The normalized spacial score (nSPS) is 15.3. The number of anilines is 1. The third-order valence-electron chi connectivity index (χ3n) is 5.13. The fraction of sp³-hybridized carbons (Fsp3) is 0.714. The number of hydrogen-bond donors (Lipinski definition) is 2. The number of aliphatic imine (C=N–C) groups is 1. The number of aromatic nitrogens is 1. The van der Waals surface area contributed by atoms with Crippen molar-refractivity contribution in [2.24, 2.45) is 4.99 Å². The fourth-order valence-electron chi connectivity index (χ4n) is 3.64. The molecule has 0 radical (unpaired) electrons. The molecule has 0 bridgehead atoms. The molecule has 1 saturated heterocycles. The first-order valence-corrected chi connectivity index (χ1v) is 10.4. The lowest BCUT2D eigenvalue weighted by molar-refractivity contribution is 0.173. The van der Waals surface area contributed by atoms with Gasteiger partial charge in [0, 0.05) is 58.1 Å². The molecule has 152 valence electrons. The molecule has 0 saturated carbocycles. The summed E-state index contributed by atoms with van der Waals surface area (Å²) in [5.74, 6) is 1.94. The van der Waals surface area contributed by atoms with E-state index in [1.165, 1.54) is 18.4 Å². The van der Waals surface area contributed by atoms with Crippen LogP contribution < -0.4 is 15.5 Å². The van der Waals surface area contributed by atoms with Gasteiger partial charge in [-0.15, -0.1) is 0 Å². The Balaban J connectivity index is 1.70. The van der Waals surface area contributed by atoms with Crippen LogP contribution in [-0.2, 0) is 6.54 Å². The second kappa shape index (κ2) is 11.1. The van der Waals surface area contributed by atoms with E-state index in [1.54, 1.807) is 0 Å². The van der Waals surface area contributed by atoms with E-state index in [2.05, 4.69) is 70.2 Å². The van der Waals surface area contributed by atoms with Gasteiger partial charge in [0.2, 0.25) is 0 Å². The quantitative estimate of drug-likeness (QED) is 0.395. The molecule has 1 aliphatic heterocycles. The van der Waals surface area contributed by atoms with Gasteiger partial charge in [0.25, 0.3) is 0 Å². The number of nitrogens with one attached hydrogen (secondary N) is 2.